The topological polar surface area (TPSA) is 53.6 Å². The first kappa shape index (κ1) is 14.2. The van der Waals surface area contributed by atoms with Crippen molar-refractivity contribution < 1.29 is 9.53 Å². The highest BCUT2D eigenvalue weighted by atomic mass is 16.5. The lowest BCUT2D eigenvalue weighted by molar-refractivity contribution is -0.122. The highest BCUT2D eigenvalue weighted by Gasteiger charge is 2.19. The Kier molecular flexibility index (Phi) is 6.18. The van der Waals surface area contributed by atoms with Gasteiger partial charge in [-0.1, -0.05) is 6.08 Å². The Hall–Kier alpha value is -0.910. The van der Waals surface area contributed by atoms with Crippen LogP contribution in [0.1, 0.15) is 6.92 Å². The summed E-state index contributed by atoms with van der Waals surface area (Å²) in [5.74, 6) is -0.00550. The van der Waals surface area contributed by atoms with Gasteiger partial charge in [0.15, 0.2) is 0 Å². The van der Waals surface area contributed by atoms with E-state index < -0.39 is 0 Å². The number of rotatable bonds is 6. The third-order valence-corrected chi connectivity index (χ3v) is 2.81. The van der Waals surface area contributed by atoms with Gasteiger partial charge in [0.2, 0.25) is 5.91 Å². The minimum atomic E-state index is -0.203. The highest BCUT2D eigenvalue weighted by molar-refractivity contribution is 5.81. The van der Waals surface area contributed by atoms with Crippen molar-refractivity contribution >= 4 is 5.91 Å². The molecule has 0 bridgehead atoms. The number of carbonyl (C=O) groups excluding carboxylic acids is 1. The van der Waals surface area contributed by atoms with Crippen molar-refractivity contribution in [3.63, 3.8) is 0 Å². The van der Waals surface area contributed by atoms with Crippen molar-refractivity contribution in [2.75, 3.05) is 39.8 Å². The zero-order chi connectivity index (χ0) is 12.7. The fourth-order valence-electron chi connectivity index (χ4n) is 1.72. The molecule has 0 spiro atoms. The first-order chi connectivity index (χ1) is 8.13. The molecule has 1 heterocycles. The predicted molar refractivity (Wildman–Crippen MR) is 67.9 cm³/mol. The Bertz CT molecular complexity index is 258. The van der Waals surface area contributed by atoms with Gasteiger partial charge >= 0.3 is 0 Å². The molecule has 1 rings (SSSR count). The van der Waals surface area contributed by atoms with Crippen LogP contribution in [0.25, 0.3) is 0 Å². The highest BCUT2D eigenvalue weighted by Crippen LogP contribution is 2.01. The predicted octanol–water partition coefficient (Wildman–Crippen LogP) is -0.403. The fraction of sp³-hybridized carbons (Fsp3) is 0.750. The van der Waals surface area contributed by atoms with Gasteiger partial charge in [0.1, 0.15) is 0 Å². The normalized spacial score (nSPS) is 23.1. The zero-order valence-corrected chi connectivity index (χ0v) is 10.7. The summed E-state index contributed by atoms with van der Waals surface area (Å²) in [4.78, 5) is 13.8. The van der Waals surface area contributed by atoms with E-state index in [1.807, 2.05) is 6.92 Å². The fourth-order valence-corrected chi connectivity index (χ4v) is 1.72. The Morgan fingerprint density at radius 1 is 1.71 bits per heavy atom. The monoisotopic (exact) mass is 241 g/mol. The molecule has 98 valence electrons. The van der Waals surface area contributed by atoms with Crippen LogP contribution < -0.4 is 10.6 Å². The maximum absolute atomic E-state index is 11.6. The van der Waals surface area contributed by atoms with Crippen LogP contribution in [0.15, 0.2) is 12.7 Å². The molecule has 1 saturated heterocycles. The molecular formula is C12H23N3O2. The number of nitrogens with zero attached hydrogens (tertiary/aromatic N) is 1. The van der Waals surface area contributed by atoms with Crippen molar-refractivity contribution in [2.24, 2.45) is 0 Å². The number of ether oxygens (including phenoxy) is 1. The average molecular weight is 241 g/mol. The van der Waals surface area contributed by atoms with E-state index in [2.05, 4.69) is 29.2 Å². The minimum absolute atomic E-state index is 0.00550. The van der Waals surface area contributed by atoms with Gasteiger partial charge in [-0.15, -0.1) is 6.58 Å². The molecule has 0 radical (unpaired) electrons. The van der Waals surface area contributed by atoms with Crippen LogP contribution in [0.2, 0.25) is 0 Å². The number of morpholine rings is 1. The van der Waals surface area contributed by atoms with Crippen molar-refractivity contribution in [1.82, 2.24) is 15.5 Å². The van der Waals surface area contributed by atoms with Gasteiger partial charge in [0.05, 0.1) is 18.8 Å². The van der Waals surface area contributed by atoms with E-state index in [1.165, 1.54) is 0 Å². The Morgan fingerprint density at radius 2 is 2.47 bits per heavy atom. The van der Waals surface area contributed by atoms with E-state index in [0.717, 1.165) is 19.7 Å². The summed E-state index contributed by atoms with van der Waals surface area (Å²) in [5, 5.41) is 5.94. The van der Waals surface area contributed by atoms with Gasteiger partial charge in [-0.3, -0.25) is 4.79 Å². The third kappa shape index (κ3) is 5.30. The average Bonchev–Trinajstić information content (AvgIpc) is 2.33. The van der Waals surface area contributed by atoms with Crippen LogP contribution in [0, 0.1) is 0 Å². The maximum Gasteiger partial charge on any atom is 0.237 e. The molecule has 1 amide bonds. The van der Waals surface area contributed by atoms with E-state index in [-0.39, 0.29) is 18.1 Å². The SMILES string of the molecule is C=CCNC(=O)[C@H](C)NC[C@@H]1CN(C)CCO1. The molecular weight excluding hydrogens is 218 g/mol. The second-order valence-electron chi connectivity index (χ2n) is 4.42. The van der Waals surface area contributed by atoms with Crippen molar-refractivity contribution in [3.8, 4) is 0 Å². The minimum Gasteiger partial charge on any atom is -0.374 e. The van der Waals surface area contributed by atoms with E-state index >= 15 is 0 Å². The number of likely N-dealkylation sites (N-methyl/N-ethyl adjacent to an activating group) is 1. The van der Waals surface area contributed by atoms with E-state index in [0.29, 0.717) is 13.1 Å². The first-order valence-corrected chi connectivity index (χ1v) is 6.05. The molecule has 0 saturated carbocycles. The Labute approximate surface area is 103 Å². The van der Waals surface area contributed by atoms with Gasteiger partial charge in [0, 0.05) is 26.2 Å². The van der Waals surface area contributed by atoms with Crippen LogP contribution in [-0.2, 0) is 9.53 Å². The number of carbonyl (C=O) groups is 1. The van der Waals surface area contributed by atoms with Crippen LogP contribution in [0.4, 0.5) is 0 Å². The number of hydrogen-bond donors (Lipinski definition) is 2. The van der Waals surface area contributed by atoms with Crippen molar-refractivity contribution in [3.05, 3.63) is 12.7 Å². The largest absolute Gasteiger partial charge is 0.374 e. The smallest absolute Gasteiger partial charge is 0.237 e. The quantitative estimate of drug-likeness (QED) is 0.621. The molecule has 17 heavy (non-hydrogen) atoms. The van der Waals surface area contributed by atoms with Gasteiger partial charge in [-0.2, -0.15) is 0 Å². The molecule has 0 aromatic carbocycles. The Balaban J connectivity index is 2.20. The summed E-state index contributed by atoms with van der Waals surface area (Å²) in [5.41, 5.74) is 0. The van der Waals surface area contributed by atoms with Gasteiger partial charge in [-0.05, 0) is 14.0 Å². The van der Waals surface area contributed by atoms with E-state index in [4.69, 9.17) is 4.74 Å². The second kappa shape index (κ2) is 7.42. The molecule has 0 aromatic rings. The molecule has 5 nitrogen and oxygen atoms in total. The molecule has 0 aliphatic carbocycles. The van der Waals surface area contributed by atoms with Crippen LogP contribution in [0.3, 0.4) is 0 Å². The standard InChI is InChI=1S/C12H23N3O2/c1-4-5-13-12(16)10(2)14-8-11-9-15(3)6-7-17-11/h4,10-11,14H,1,5-9H2,2-3H3,(H,13,16)/t10-,11+/m0/s1. The molecule has 1 fully saturated rings. The number of amides is 1. The molecule has 1 aliphatic heterocycles. The summed E-state index contributed by atoms with van der Waals surface area (Å²) in [6.07, 6.45) is 1.84. The lowest BCUT2D eigenvalue weighted by Crippen LogP contribution is -2.49. The summed E-state index contributed by atoms with van der Waals surface area (Å²) in [7, 11) is 2.08. The van der Waals surface area contributed by atoms with Crippen molar-refractivity contribution in [2.45, 2.75) is 19.1 Å². The molecule has 0 unspecified atom stereocenters. The summed E-state index contributed by atoms with van der Waals surface area (Å²) >= 11 is 0. The van der Waals surface area contributed by atoms with Crippen LogP contribution in [-0.4, -0.2) is 62.8 Å². The maximum atomic E-state index is 11.6. The van der Waals surface area contributed by atoms with Crippen LogP contribution >= 0.6 is 0 Å². The molecule has 2 N–H and O–H groups in total. The molecule has 1 aliphatic rings. The zero-order valence-electron chi connectivity index (χ0n) is 10.7. The second-order valence-corrected chi connectivity index (χ2v) is 4.42. The van der Waals surface area contributed by atoms with Gasteiger partial charge < -0.3 is 20.3 Å². The number of hydrogen-bond acceptors (Lipinski definition) is 4. The summed E-state index contributed by atoms with van der Waals surface area (Å²) < 4.78 is 5.61. The lowest BCUT2D eigenvalue weighted by Gasteiger charge is -2.30. The number of nitrogens with one attached hydrogen (secondary N) is 2. The molecule has 5 heteroatoms. The third-order valence-electron chi connectivity index (χ3n) is 2.81. The van der Waals surface area contributed by atoms with E-state index in [1.54, 1.807) is 6.08 Å². The molecule has 2 atom stereocenters. The van der Waals surface area contributed by atoms with Gasteiger partial charge in [-0.25, -0.2) is 0 Å². The van der Waals surface area contributed by atoms with Crippen molar-refractivity contribution in [1.29, 1.82) is 0 Å². The molecule has 0 aromatic heterocycles. The van der Waals surface area contributed by atoms with Gasteiger partial charge in [0.25, 0.3) is 0 Å². The Morgan fingerprint density at radius 3 is 3.12 bits per heavy atom. The lowest BCUT2D eigenvalue weighted by atomic mass is 10.2. The van der Waals surface area contributed by atoms with E-state index in [9.17, 15) is 4.79 Å². The summed E-state index contributed by atoms with van der Waals surface area (Å²) in [6, 6.07) is -0.203. The van der Waals surface area contributed by atoms with Crippen LogP contribution in [0.5, 0.6) is 0 Å². The summed E-state index contributed by atoms with van der Waals surface area (Å²) in [6.45, 7) is 9.27. The first-order valence-electron chi connectivity index (χ1n) is 6.05.